The Morgan fingerprint density at radius 2 is 1.85 bits per heavy atom. The first-order chi connectivity index (χ1) is 6.26. The van der Waals surface area contributed by atoms with Crippen molar-refractivity contribution >= 4 is 5.78 Å². The van der Waals surface area contributed by atoms with Gasteiger partial charge in [0, 0.05) is 13.0 Å². The van der Waals surface area contributed by atoms with Gasteiger partial charge in [0.1, 0.15) is 0 Å². The second kappa shape index (κ2) is 5.18. The number of hydrogen-bond donors (Lipinski definition) is 1. The van der Waals surface area contributed by atoms with E-state index < -0.39 is 0 Å². The molecule has 2 heteroatoms. The number of rotatable bonds is 4. The zero-order chi connectivity index (χ0) is 9.68. The molecule has 0 aromatic rings. The van der Waals surface area contributed by atoms with Crippen LogP contribution in [0.25, 0.3) is 0 Å². The number of ketones is 1. The predicted octanol–water partition coefficient (Wildman–Crippen LogP) is 1.93. The van der Waals surface area contributed by atoms with Crippen molar-refractivity contribution in [3.63, 3.8) is 0 Å². The average Bonchev–Trinajstić information content (AvgIpc) is 2.19. The van der Waals surface area contributed by atoms with Crippen LogP contribution in [0.1, 0.15) is 32.1 Å². The van der Waals surface area contributed by atoms with E-state index in [1.54, 1.807) is 0 Å². The highest BCUT2D eigenvalue weighted by Gasteiger charge is 2.21. The van der Waals surface area contributed by atoms with Crippen LogP contribution in [-0.4, -0.2) is 17.5 Å². The van der Waals surface area contributed by atoms with Crippen LogP contribution >= 0.6 is 0 Å². The van der Waals surface area contributed by atoms with Gasteiger partial charge in [-0.25, -0.2) is 0 Å². The quantitative estimate of drug-likeness (QED) is 0.674. The topological polar surface area (TPSA) is 37.3 Å². The third kappa shape index (κ3) is 3.31. The fourth-order valence-electron chi connectivity index (χ4n) is 1.99. The van der Waals surface area contributed by atoms with Gasteiger partial charge in [-0.3, -0.25) is 4.79 Å². The van der Waals surface area contributed by atoms with E-state index in [2.05, 4.69) is 6.58 Å². The Labute approximate surface area is 79.6 Å². The summed E-state index contributed by atoms with van der Waals surface area (Å²) in [5.41, 5.74) is 0. The van der Waals surface area contributed by atoms with Crippen LogP contribution in [-0.2, 0) is 4.79 Å². The molecule has 1 rings (SSSR count). The summed E-state index contributed by atoms with van der Waals surface area (Å²) in [4.78, 5) is 11.1. The van der Waals surface area contributed by atoms with E-state index in [1.165, 1.54) is 6.08 Å². The summed E-state index contributed by atoms with van der Waals surface area (Å²) in [7, 11) is 0. The Kier molecular flexibility index (Phi) is 4.16. The second-order valence-corrected chi connectivity index (χ2v) is 3.94. The smallest absolute Gasteiger partial charge is 0.155 e. The molecule has 74 valence electrons. The summed E-state index contributed by atoms with van der Waals surface area (Å²) >= 11 is 0. The van der Waals surface area contributed by atoms with Gasteiger partial charge in [-0.1, -0.05) is 6.58 Å². The molecule has 1 aliphatic rings. The fourth-order valence-corrected chi connectivity index (χ4v) is 1.99. The first kappa shape index (κ1) is 10.5. The lowest BCUT2D eigenvalue weighted by Crippen LogP contribution is -2.18. The van der Waals surface area contributed by atoms with Gasteiger partial charge in [0.2, 0.25) is 0 Å². The molecular weight excluding hydrogens is 164 g/mol. The maximum absolute atomic E-state index is 11.1. The van der Waals surface area contributed by atoms with Crippen molar-refractivity contribution in [2.75, 3.05) is 6.61 Å². The number of aliphatic hydroxyl groups is 1. The normalized spacial score (nSPS) is 28.4. The van der Waals surface area contributed by atoms with E-state index in [0.29, 0.717) is 24.9 Å². The van der Waals surface area contributed by atoms with E-state index in [1.807, 2.05) is 0 Å². The van der Waals surface area contributed by atoms with Crippen LogP contribution in [0.3, 0.4) is 0 Å². The van der Waals surface area contributed by atoms with Crippen LogP contribution in [0.4, 0.5) is 0 Å². The largest absolute Gasteiger partial charge is 0.396 e. The van der Waals surface area contributed by atoms with Crippen molar-refractivity contribution in [3.8, 4) is 0 Å². The molecule has 0 aromatic carbocycles. The van der Waals surface area contributed by atoms with Crippen LogP contribution in [0.5, 0.6) is 0 Å². The number of carbonyl (C=O) groups excluding carboxylic acids is 1. The van der Waals surface area contributed by atoms with Crippen molar-refractivity contribution in [3.05, 3.63) is 12.7 Å². The molecule has 0 heterocycles. The maximum Gasteiger partial charge on any atom is 0.155 e. The van der Waals surface area contributed by atoms with Gasteiger partial charge in [-0.2, -0.15) is 0 Å². The summed E-state index contributed by atoms with van der Waals surface area (Å²) in [5.74, 6) is 1.18. The zero-order valence-electron chi connectivity index (χ0n) is 8.04. The van der Waals surface area contributed by atoms with E-state index in [0.717, 1.165) is 25.7 Å². The Morgan fingerprint density at radius 1 is 1.31 bits per heavy atom. The summed E-state index contributed by atoms with van der Waals surface area (Å²) in [6.45, 7) is 3.78. The van der Waals surface area contributed by atoms with Crippen molar-refractivity contribution in [1.82, 2.24) is 0 Å². The number of allylic oxidation sites excluding steroid dienone is 1. The minimum atomic E-state index is 0.160. The molecule has 0 bridgehead atoms. The van der Waals surface area contributed by atoms with Gasteiger partial charge in [-0.15, -0.1) is 0 Å². The molecule has 0 aliphatic heterocycles. The van der Waals surface area contributed by atoms with Crippen LogP contribution in [0, 0.1) is 11.8 Å². The third-order valence-electron chi connectivity index (χ3n) is 2.94. The molecular formula is C11H18O2. The minimum Gasteiger partial charge on any atom is -0.396 e. The minimum absolute atomic E-state index is 0.160. The van der Waals surface area contributed by atoms with Gasteiger partial charge < -0.3 is 5.11 Å². The lowest BCUT2D eigenvalue weighted by atomic mass is 9.80. The maximum atomic E-state index is 11.1. The fraction of sp³-hybridized carbons (Fsp3) is 0.727. The van der Waals surface area contributed by atoms with Gasteiger partial charge in [0.25, 0.3) is 0 Å². The molecule has 2 nitrogen and oxygen atoms in total. The molecule has 0 radical (unpaired) electrons. The van der Waals surface area contributed by atoms with Gasteiger partial charge >= 0.3 is 0 Å². The van der Waals surface area contributed by atoms with Gasteiger partial charge in [0.05, 0.1) is 0 Å². The first-order valence-electron chi connectivity index (χ1n) is 5.02. The average molecular weight is 182 g/mol. The molecule has 1 fully saturated rings. The Morgan fingerprint density at radius 3 is 2.31 bits per heavy atom. The number of aliphatic hydroxyl groups excluding tert-OH is 1. The SMILES string of the molecule is C=CC(=O)CC1CCC(CO)CC1. The van der Waals surface area contributed by atoms with Crippen LogP contribution in [0.2, 0.25) is 0 Å². The number of carbonyl (C=O) groups is 1. The molecule has 0 spiro atoms. The lowest BCUT2D eigenvalue weighted by molar-refractivity contribution is -0.115. The summed E-state index contributed by atoms with van der Waals surface area (Å²) in [6.07, 6.45) is 6.40. The Bertz CT molecular complexity index is 179. The molecule has 0 saturated heterocycles. The standard InChI is InChI=1S/C11H18O2/c1-2-11(13)7-9-3-5-10(8-12)6-4-9/h2,9-10,12H,1,3-8H2. The summed E-state index contributed by atoms with van der Waals surface area (Å²) in [6, 6.07) is 0. The molecule has 0 atom stereocenters. The van der Waals surface area contributed by atoms with E-state index in [4.69, 9.17) is 5.11 Å². The van der Waals surface area contributed by atoms with Crippen LogP contribution < -0.4 is 0 Å². The van der Waals surface area contributed by atoms with E-state index in [9.17, 15) is 4.79 Å². The van der Waals surface area contributed by atoms with Crippen molar-refractivity contribution in [2.24, 2.45) is 11.8 Å². The monoisotopic (exact) mass is 182 g/mol. The highest BCUT2D eigenvalue weighted by Crippen LogP contribution is 2.30. The molecule has 0 amide bonds. The van der Waals surface area contributed by atoms with Crippen molar-refractivity contribution < 1.29 is 9.90 Å². The molecule has 1 N–H and O–H groups in total. The predicted molar refractivity (Wildman–Crippen MR) is 52.4 cm³/mol. The van der Waals surface area contributed by atoms with E-state index >= 15 is 0 Å². The molecule has 0 unspecified atom stereocenters. The van der Waals surface area contributed by atoms with Crippen LogP contribution in [0.15, 0.2) is 12.7 Å². The zero-order valence-corrected chi connectivity index (χ0v) is 8.04. The first-order valence-corrected chi connectivity index (χ1v) is 5.02. The lowest BCUT2D eigenvalue weighted by Gasteiger charge is -2.26. The van der Waals surface area contributed by atoms with Crippen molar-refractivity contribution in [1.29, 1.82) is 0 Å². The van der Waals surface area contributed by atoms with Crippen molar-refractivity contribution in [2.45, 2.75) is 32.1 Å². The Hall–Kier alpha value is -0.630. The van der Waals surface area contributed by atoms with E-state index in [-0.39, 0.29) is 5.78 Å². The summed E-state index contributed by atoms with van der Waals surface area (Å²) in [5, 5.41) is 8.92. The molecule has 0 aromatic heterocycles. The molecule has 1 saturated carbocycles. The Balaban J connectivity index is 2.24. The third-order valence-corrected chi connectivity index (χ3v) is 2.94. The highest BCUT2D eigenvalue weighted by atomic mass is 16.3. The number of hydrogen-bond acceptors (Lipinski definition) is 2. The summed E-state index contributed by atoms with van der Waals surface area (Å²) < 4.78 is 0. The van der Waals surface area contributed by atoms with Gasteiger partial charge in [0.15, 0.2) is 5.78 Å². The molecule has 13 heavy (non-hydrogen) atoms. The van der Waals surface area contributed by atoms with Gasteiger partial charge in [-0.05, 0) is 43.6 Å². The molecule has 1 aliphatic carbocycles. The second-order valence-electron chi connectivity index (χ2n) is 3.94. The highest BCUT2D eigenvalue weighted by molar-refractivity contribution is 5.89.